The number of benzene rings is 1. The van der Waals surface area contributed by atoms with E-state index in [0.29, 0.717) is 12.2 Å². The minimum absolute atomic E-state index is 0.0297. The summed E-state index contributed by atoms with van der Waals surface area (Å²) in [6.45, 7) is 0.501. The van der Waals surface area contributed by atoms with Crippen molar-refractivity contribution in [3.05, 3.63) is 47.0 Å². The first kappa shape index (κ1) is 14.8. The van der Waals surface area contributed by atoms with E-state index in [1.807, 2.05) is 0 Å². The van der Waals surface area contributed by atoms with Gasteiger partial charge in [-0.15, -0.1) is 0 Å². The summed E-state index contributed by atoms with van der Waals surface area (Å²) in [5, 5.41) is 3.14. The molecule has 1 aromatic heterocycles. The van der Waals surface area contributed by atoms with Gasteiger partial charge in [-0.1, -0.05) is 11.6 Å². The topological polar surface area (TPSA) is 74.0 Å². The molecule has 8 heteroatoms. The fraction of sp³-hybridized carbons (Fsp3) is 0.167. The van der Waals surface area contributed by atoms with Gasteiger partial charge >= 0.3 is 0 Å². The van der Waals surface area contributed by atoms with Gasteiger partial charge in [-0.3, -0.25) is 4.72 Å². The highest BCUT2D eigenvalue weighted by molar-refractivity contribution is 7.92. The lowest BCUT2D eigenvalue weighted by atomic mass is 10.3. The summed E-state index contributed by atoms with van der Waals surface area (Å²) < 4.78 is 40.0. The number of halogens is 2. The second-order valence-electron chi connectivity index (χ2n) is 4.12. The number of sulfonamides is 1. The zero-order valence-corrected chi connectivity index (χ0v) is 12.1. The van der Waals surface area contributed by atoms with Gasteiger partial charge in [0.25, 0.3) is 10.0 Å². The predicted molar refractivity (Wildman–Crippen MR) is 75.8 cm³/mol. The molecule has 0 bridgehead atoms. The van der Waals surface area contributed by atoms with Gasteiger partial charge in [0.15, 0.2) is 0 Å². The predicted octanol–water partition coefficient (Wildman–Crippen LogP) is 2.33. The summed E-state index contributed by atoms with van der Waals surface area (Å²) in [7, 11) is -2.11. The summed E-state index contributed by atoms with van der Waals surface area (Å²) >= 11 is 5.72. The largest absolute Gasteiger partial charge is 0.363 e. The van der Waals surface area contributed by atoms with Crippen LogP contribution in [0.3, 0.4) is 0 Å². The van der Waals surface area contributed by atoms with Crippen LogP contribution in [0.4, 0.5) is 10.1 Å². The molecule has 3 N–H and O–H groups in total. The standard InChI is InChI=1S/C12H13ClFN3O2S/c1-15-6-9-5-10(7-16-9)20(18,19)17-12-4-8(13)2-3-11(12)14/h2-5,7,15-17H,6H2,1H3. The molecule has 0 radical (unpaired) electrons. The van der Waals surface area contributed by atoms with E-state index < -0.39 is 15.8 Å². The first-order valence-electron chi connectivity index (χ1n) is 5.72. The molecule has 1 heterocycles. The Kier molecular flexibility index (Phi) is 4.32. The number of rotatable bonds is 5. The zero-order chi connectivity index (χ0) is 14.8. The molecule has 0 saturated heterocycles. The molecule has 0 aliphatic carbocycles. The molecule has 2 aromatic rings. The lowest BCUT2D eigenvalue weighted by molar-refractivity contribution is 0.598. The third kappa shape index (κ3) is 3.30. The summed E-state index contributed by atoms with van der Waals surface area (Å²) in [4.78, 5) is 2.85. The maximum Gasteiger partial charge on any atom is 0.263 e. The Morgan fingerprint density at radius 3 is 2.80 bits per heavy atom. The fourth-order valence-electron chi connectivity index (χ4n) is 1.65. The van der Waals surface area contributed by atoms with E-state index in [1.54, 1.807) is 7.05 Å². The molecule has 0 unspecified atom stereocenters. The number of aromatic nitrogens is 1. The van der Waals surface area contributed by atoms with Gasteiger partial charge < -0.3 is 10.3 Å². The van der Waals surface area contributed by atoms with E-state index in [-0.39, 0.29) is 15.6 Å². The molecule has 0 aliphatic heterocycles. The number of hydrogen-bond donors (Lipinski definition) is 3. The summed E-state index contributed by atoms with van der Waals surface area (Å²) in [5.74, 6) is -0.691. The fourth-order valence-corrected chi connectivity index (χ4v) is 2.89. The van der Waals surface area contributed by atoms with Gasteiger partial charge in [0.1, 0.15) is 10.7 Å². The number of nitrogens with one attached hydrogen (secondary N) is 3. The van der Waals surface area contributed by atoms with Crippen LogP contribution in [0.1, 0.15) is 5.69 Å². The van der Waals surface area contributed by atoms with Crippen molar-refractivity contribution >= 4 is 27.3 Å². The number of H-pyrrole nitrogens is 1. The monoisotopic (exact) mass is 317 g/mol. The minimum Gasteiger partial charge on any atom is -0.363 e. The highest BCUT2D eigenvalue weighted by Crippen LogP contribution is 2.23. The van der Waals surface area contributed by atoms with Crippen molar-refractivity contribution in [1.29, 1.82) is 0 Å². The van der Waals surface area contributed by atoms with Crippen molar-refractivity contribution in [3.8, 4) is 0 Å². The van der Waals surface area contributed by atoms with Crippen molar-refractivity contribution in [2.75, 3.05) is 11.8 Å². The quantitative estimate of drug-likeness (QED) is 0.792. The van der Waals surface area contributed by atoms with Crippen LogP contribution in [0.25, 0.3) is 0 Å². The van der Waals surface area contributed by atoms with Gasteiger partial charge in [0.2, 0.25) is 0 Å². The Labute approximate surface area is 121 Å². The van der Waals surface area contributed by atoms with E-state index in [9.17, 15) is 12.8 Å². The van der Waals surface area contributed by atoms with E-state index in [2.05, 4.69) is 15.0 Å². The average Bonchev–Trinajstić information content (AvgIpc) is 2.83. The van der Waals surface area contributed by atoms with Crippen LogP contribution in [0, 0.1) is 5.82 Å². The summed E-state index contributed by atoms with van der Waals surface area (Å²) in [5.41, 5.74) is 0.522. The molecule has 20 heavy (non-hydrogen) atoms. The molecule has 1 aromatic carbocycles. The molecule has 0 spiro atoms. The van der Waals surface area contributed by atoms with Gasteiger partial charge in [-0.25, -0.2) is 12.8 Å². The summed E-state index contributed by atoms with van der Waals surface area (Å²) in [6.07, 6.45) is 1.34. The maximum atomic E-state index is 13.5. The van der Waals surface area contributed by atoms with Crippen LogP contribution in [-0.4, -0.2) is 20.4 Å². The van der Waals surface area contributed by atoms with Gasteiger partial charge in [0, 0.05) is 23.5 Å². The van der Waals surface area contributed by atoms with Crippen LogP contribution in [0.2, 0.25) is 5.02 Å². The van der Waals surface area contributed by atoms with E-state index in [0.717, 1.165) is 6.07 Å². The smallest absolute Gasteiger partial charge is 0.263 e. The number of aromatic amines is 1. The zero-order valence-electron chi connectivity index (χ0n) is 10.6. The maximum absolute atomic E-state index is 13.5. The average molecular weight is 318 g/mol. The van der Waals surface area contributed by atoms with E-state index in [1.165, 1.54) is 24.4 Å². The van der Waals surface area contributed by atoms with Crippen LogP contribution >= 0.6 is 11.6 Å². The highest BCUT2D eigenvalue weighted by atomic mass is 35.5. The van der Waals surface area contributed by atoms with Crippen LogP contribution in [0.5, 0.6) is 0 Å². The molecule has 2 rings (SSSR count). The summed E-state index contributed by atoms with van der Waals surface area (Å²) in [6, 6.07) is 5.14. The normalized spacial score (nSPS) is 11.6. The molecule has 0 saturated carbocycles. The first-order valence-corrected chi connectivity index (χ1v) is 7.58. The molecule has 0 aliphatic rings. The Bertz CT molecular complexity index is 715. The molecule has 5 nitrogen and oxygen atoms in total. The third-order valence-electron chi connectivity index (χ3n) is 2.57. The molecule has 0 amide bonds. The number of hydrogen-bond acceptors (Lipinski definition) is 3. The minimum atomic E-state index is -3.86. The van der Waals surface area contributed by atoms with Crippen molar-refractivity contribution in [3.63, 3.8) is 0 Å². The van der Waals surface area contributed by atoms with Crippen molar-refractivity contribution < 1.29 is 12.8 Å². The van der Waals surface area contributed by atoms with Crippen molar-refractivity contribution in [1.82, 2.24) is 10.3 Å². The second-order valence-corrected chi connectivity index (χ2v) is 6.24. The van der Waals surface area contributed by atoms with Crippen LogP contribution < -0.4 is 10.0 Å². The van der Waals surface area contributed by atoms with Gasteiger partial charge in [0.05, 0.1) is 5.69 Å². The second kappa shape index (κ2) is 5.82. The Morgan fingerprint density at radius 1 is 1.35 bits per heavy atom. The number of anilines is 1. The molecule has 0 fully saturated rings. The SMILES string of the molecule is CNCc1cc(S(=O)(=O)Nc2cc(Cl)ccc2F)c[nH]1. The van der Waals surface area contributed by atoms with Crippen LogP contribution in [0.15, 0.2) is 35.4 Å². The van der Waals surface area contributed by atoms with E-state index in [4.69, 9.17) is 11.6 Å². The van der Waals surface area contributed by atoms with Gasteiger partial charge in [-0.2, -0.15) is 0 Å². The first-order chi connectivity index (χ1) is 9.42. The molecular weight excluding hydrogens is 305 g/mol. The molecule has 108 valence electrons. The van der Waals surface area contributed by atoms with Crippen molar-refractivity contribution in [2.45, 2.75) is 11.4 Å². The highest BCUT2D eigenvalue weighted by Gasteiger charge is 2.18. The van der Waals surface area contributed by atoms with Crippen LogP contribution in [-0.2, 0) is 16.6 Å². The van der Waals surface area contributed by atoms with Gasteiger partial charge in [-0.05, 0) is 31.3 Å². The lowest BCUT2D eigenvalue weighted by Crippen LogP contribution is -2.13. The van der Waals surface area contributed by atoms with Crippen molar-refractivity contribution in [2.24, 2.45) is 0 Å². The molecular formula is C12H13ClFN3O2S. The third-order valence-corrected chi connectivity index (χ3v) is 4.15. The lowest BCUT2D eigenvalue weighted by Gasteiger charge is -2.07. The Balaban J connectivity index is 2.28. The Morgan fingerprint density at radius 2 is 2.10 bits per heavy atom. The molecule has 0 atom stereocenters. The Hall–Kier alpha value is -1.57. The van der Waals surface area contributed by atoms with E-state index >= 15 is 0 Å².